The van der Waals surface area contributed by atoms with Crippen LogP contribution in [-0.2, 0) is 14.3 Å². The summed E-state index contributed by atoms with van der Waals surface area (Å²) in [7, 11) is 3.11. The van der Waals surface area contributed by atoms with Crippen molar-refractivity contribution in [3.05, 3.63) is 46.1 Å². The molecule has 0 amide bonds. The number of fused-ring (bicyclic) bond motifs is 1. The van der Waals surface area contributed by atoms with Crippen molar-refractivity contribution in [2.24, 2.45) is 5.41 Å². The number of anilines is 2. The Morgan fingerprint density at radius 2 is 1.57 bits per heavy atom. The number of unbranched alkanes of at least 4 members (excludes halogenated alkanes) is 3. The van der Waals surface area contributed by atoms with Gasteiger partial charge in [-0.2, -0.15) is 5.26 Å². The highest BCUT2D eigenvalue weighted by atomic mass is 35.5. The predicted molar refractivity (Wildman–Crippen MR) is 208 cm³/mol. The molecule has 4 rings (SSSR count). The van der Waals surface area contributed by atoms with Crippen molar-refractivity contribution in [2.75, 3.05) is 85.2 Å². The van der Waals surface area contributed by atoms with Gasteiger partial charge in [0, 0.05) is 63.0 Å². The van der Waals surface area contributed by atoms with Gasteiger partial charge in [0.15, 0.2) is 17.6 Å². The molecule has 1 aromatic heterocycles. The van der Waals surface area contributed by atoms with Crippen LogP contribution < -0.4 is 19.5 Å². The van der Waals surface area contributed by atoms with Crippen LogP contribution in [0.1, 0.15) is 58.4 Å². The number of pyridine rings is 1. The number of methoxy groups -OCH3 is 2. The molecule has 0 saturated carbocycles. The SMILES string of the molecule is COc1cc(Nc2c(C#N)cnc3cc(OCCCN4CCN(CCCCCCOCCOC(C(=O)O)C(C)(C)C)CC4)c(OC)cc23)c(Cl)cc1Cl. The standard InChI is InChI=1S/C39H53Cl2N5O7/c1-39(2,3)37(38(47)48)53-20-19-51-17-9-7-6-8-11-45-13-15-46(16-14-45)12-10-18-52-35-23-31-28(21-34(35)50-5)36(27(25-42)26-43-31)44-32-24-33(49-4)30(41)22-29(32)40/h21-24,26,37H,6-20H2,1-5H3,(H,43,44)(H,47,48). The quantitative estimate of drug-likeness (QED) is 0.103. The van der Waals surface area contributed by atoms with Crippen molar-refractivity contribution in [1.29, 1.82) is 5.26 Å². The molecular formula is C39H53Cl2N5O7. The normalized spacial score (nSPS) is 14.5. The lowest BCUT2D eigenvalue weighted by Gasteiger charge is -2.34. The maximum Gasteiger partial charge on any atom is 0.333 e. The highest BCUT2D eigenvalue weighted by Gasteiger charge is 2.32. The minimum Gasteiger partial charge on any atom is -0.495 e. The molecule has 53 heavy (non-hydrogen) atoms. The number of halogens is 2. The molecule has 14 heteroatoms. The third-order valence-corrected chi connectivity index (χ3v) is 9.76. The molecule has 290 valence electrons. The lowest BCUT2D eigenvalue weighted by Crippen LogP contribution is -2.46. The number of aliphatic carboxylic acids is 1. The maximum atomic E-state index is 11.4. The zero-order chi connectivity index (χ0) is 38.4. The topological polar surface area (TPSA) is 139 Å². The maximum absolute atomic E-state index is 11.4. The second kappa shape index (κ2) is 20.8. The average molecular weight is 775 g/mol. The summed E-state index contributed by atoms with van der Waals surface area (Å²) in [5.41, 5.74) is 1.59. The van der Waals surface area contributed by atoms with Gasteiger partial charge in [0.25, 0.3) is 0 Å². The summed E-state index contributed by atoms with van der Waals surface area (Å²) in [6.07, 6.45) is 6.01. The van der Waals surface area contributed by atoms with Gasteiger partial charge in [0.2, 0.25) is 0 Å². The van der Waals surface area contributed by atoms with Crippen LogP contribution in [0, 0.1) is 16.7 Å². The Balaban J connectivity index is 1.14. The molecule has 1 unspecified atom stereocenters. The van der Waals surface area contributed by atoms with Crippen LogP contribution in [0.4, 0.5) is 11.4 Å². The van der Waals surface area contributed by atoms with Crippen molar-refractivity contribution in [2.45, 2.75) is 59.0 Å². The number of piperazine rings is 1. The number of carboxylic acids is 1. The van der Waals surface area contributed by atoms with Crippen LogP contribution in [0.15, 0.2) is 30.5 Å². The Morgan fingerprint density at radius 1 is 0.887 bits per heavy atom. The fourth-order valence-electron chi connectivity index (χ4n) is 6.23. The molecule has 0 bridgehead atoms. The number of carboxylic acid groups (broad SMARTS) is 1. The first-order valence-electron chi connectivity index (χ1n) is 18.2. The first kappa shape index (κ1) is 42.2. The molecule has 3 aromatic rings. The number of benzene rings is 2. The Hall–Kier alpha value is -3.57. The zero-order valence-corrected chi connectivity index (χ0v) is 33.0. The molecule has 2 N–H and O–H groups in total. The second-order valence-corrected chi connectivity index (χ2v) is 15.0. The highest BCUT2D eigenvalue weighted by molar-refractivity contribution is 6.37. The number of nitriles is 1. The van der Waals surface area contributed by atoms with Gasteiger partial charge in [-0.15, -0.1) is 0 Å². The van der Waals surface area contributed by atoms with Crippen molar-refractivity contribution < 1.29 is 33.6 Å². The molecule has 2 heterocycles. The highest BCUT2D eigenvalue weighted by Crippen LogP contribution is 2.40. The summed E-state index contributed by atoms with van der Waals surface area (Å²) in [6.45, 7) is 13.7. The summed E-state index contributed by atoms with van der Waals surface area (Å²) < 4.78 is 28.4. The molecule has 1 atom stereocenters. The van der Waals surface area contributed by atoms with E-state index in [2.05, 4.69) is 26.2 Å². The van der Waals surface area contributed by atoms with Crippen molar-refractivity contribution >= 4 is 51.4 Å². The minimum absolute atomic E-state index is 0.287. The lowest BCUT2D eigenvalue weighted by molar-refractivity contribution is -0.159. The van der Waals surface area contributed by atoms with E-state index in [4.69, 9.17) is 46.9 Å². The molecule has 0 spiro atoms. The molecule has 1 aliphatic heterocycles. The summed E-state index contributed by atoms with van der Waals surface area (Å²) in [5, 5.41) is 23.9. The molecule has 1 fully saturated rings. The van der Waals surface area contributed by atoms with Gasteiger partial charge in [-0.3, -0.25) is 4.98 Å². The van der Waals surface area contributed by atoms with Crippen molar-refractivity contribution in [3.63, 3.8) is 0 Å². The van der Waals surface area contributed by atoms with Gasteiger partial charge in [0.1, 0.15) is 11.8 Å². The minimum atomic E-state index is -0.936. The van der Waals surface area contributed by atoms with Gasteiger partial charge >= 0.3 is 5.97 Å². The number of hydrogen-bond acceptors (Lipinski definition) is 11. The monoisotopic (exact) mass is 773 g/mol. The smallest absolute Gasteiger partial charge is 0.333 e. The van der Waals surface area contributed by atoms with Crippen molar-refractivity contribution in [1.82, 2.24) is 14.8 Å². The van der Waals surface area contributed by atoms with E-state index in [1.807, 2.05) is 32.9 Å². The number of ether oxygens (including phenoxy) is 5. The van der Waals surface area contributed by atoms with E-state index < -0.39 is 17.5 Å². The first-order chi connectivity index (χ1) is 25.4. The van der Waals surface area contributed by atoms with Crippen molar-refractivity contribution in [3.8, 4) is 23.3 Å². The van der Waals surface area contributed by atoms with E-state index in [0.29, 0.717) is 75.0 Å². The molecule has 12 nitrogen and oxygen atoms in total. The summed E-state index contributed by atoms with van der Waals surface area (Å²) in [5.74, 6) is 0.639. The first-order valence-corrected chi connectivity index (χ1v) is 18.9. The van der Waals surface area contributed by atoms with Crippen LogP contribution in [0.3, 0.4) is 0 Å². The zero-order valence-electron chi connectivity index (χ0n) is 31.5. The van der Waals surface area contributed by atoms with E-state index in [0.717, 1.165) is 58.5 Å². The average Bonchev–Trinajstić information content (AvgIpc) is 3.13. The fraction of sp³-hybridized carbons (Fsp3) is 0.564. The molecule has 2 aromatic carbocycles. The third kappa shape index (κ3) is 12.5. The molecule has 1 saturated heterocycles. The van der Waals surface area contributed by atoms with Crippen LogP contribution in [0.5, 0.6) is 17.2 Å². The number of aromatic nitrogens is 1. The number of nitrogens with zero attached hydrogens (tertiary/aromatic N) is 4. The van der Waals surface area contributed by atoms with Crippen LogP contribution >= 0.6 is 23.2 Å². The lowest BCUT2D eigenvalue weighted by atomic mass is 9.89. The van der Waals surface area contributed by atoms with E-state index in [1.165, 1.54) is 26.1 Å². The van der Waals surface area contributed by atoms with E-state index >= 15 is 0 Å². The van der Waals surface area contributed by atoms with Crippen LogP contribution in [0.2, 0.25) is 10.0 Å². The van der Waals surface area contributed by atoms with Gasteiger partial charge < -0.3 is 43.9 Å². The molecular weight excluding hydrogens is 721 g/mol. The van der Waals surface area contributed by atoms with Gasteiger partial charge in [0.05, 0.1) is 66.5 Å². The Labute approximate surface area is 323 Å². The summed E-state index contributed by atoms with van der Waals surface area (Å²) >= 11 is 12.7. The number of nitrogens with one attached hydrogen (secondary N) is 1. The van der Waals surface area contributed by atoms with Gasteiger partial charge in [-0.25, -0.2) is 4.79 Å². The number of carbonyl (C=O) groups is 1. The molecule has 0 radical (unpaired) electrons. The van der Waals surface area contributed by atoms with Gasteiger partial charge in [-0.05, 0) is 43.4 Å². The third-order valence-electron chi connectivity index (χ3n) is 9.15. The largest absolute Gasteiger partial charge is 0.495 e. The Morgan fingerprint density at radius 3 is 2.21 bits per heavy atom. The van der Waals surface area contributed by atoms with Crippen LogP contribution in [0.25, 0.3) is 10.9 Å². The predicted octanol–water partition coefficient (Wildman–Crippen LogP) is 7.65. The summed E-state index contributed by atoms with van der Waals surface area (Å²) in [6, 6.07) is 9.13. The van der Waals surface area contributed by atoms with E-state index in [9.17, 15) is 15.2 Å². The molecule has 0 aliphatic carbocycles. The fourth-order valence-corrected chi connectivity index (χ4v) is 6.73. The number of rotatable bonds is 21. The van der Waals surface area contributed by atoms with E-state index in [-0.39, 0.29) is 6.61 Å². The van der Waals surface area contributed by atoms with E-state index in [1.54, 1.807) is 19.2 Å². The second-order valence-electron chi connectivity index (χ2n) is 14.1. The van der Waals surface area contributed by atoms with Gasteiger partial charge in [-0.1, -0.05) is 56.8 Å². The van der Waals surface area contributed by atoms with Crippen LogP contribution in [-0.4, -0.2) is 112 Å². The Bertz CT molecular complexity index is 1690. The number of hydrogen-bond donors (Lipinski definition) is 2. The Kier molecular flexibility index (Phi) is 16.5. The summed E-state index contributed by atoms with van der Waals surface area (Å²) in [4.78, 5) is 20.9. The molecule has 1 aliphatic rings.